The summed E-state index contributed by atoms with van der Waals surface area (Å²) in [5.41, 5.74) is 6.42. The van der Waals surface area contributed by atoms with E-state index < -0.39 is 0 Å². The lowest BCUT2D eigenvalue weighted by molar-refractivity contribution is -0.0582. The van der Waals surface area contributed by atoms with Crippen molar-refractivity contribution in [2.24, 2.45) is 33.9 Å². The van der Waals surface area contributed by atoms with E-state index in [1.165, 1.54) is 19.3 Å². The van der Waals surface area contributed by atoms with Crippen molar-refractivity contribution in [1.82, 2.24) is 0 Å². The quantitative estimate of drug-likeness (QED) is 0.331. The summed E-state index contributed by atoms with van der Waals surface area (Å²) in [5.74, 6) is 4.55. The van der Waals surface area contributed by atoms with Gasteiger partial charge in [0.25, 0.3) is 0 Å². The van der Waals surface area contributed by atoms with E-state index in [1.54, 1.807) is 38.5 Å². The molecule has 3 heteroatoms. The van der Waals surface area contributed by atoms with Gasteiger partial charge in [0.05, 0.1) is 0 Å². The third kappa shape index (κ3) is 3.12. The van der Waals surface area contributed by atoms with Crippen LogP contribution in [0, 0.1) is 23.2 Å². The first kappa shape index (κ1) is 13.8. The first-order valence-corrected chi connectivity index (χ1v) is 8.72. The highest BCUT2D eigenvalue weighted by Crippen LogP contribution is 2.61. The molecule has 0 spiro atoms. The Labute approximate surface area is 123 Å². The van der Waals surface area contributed by atoms with Gasteiger partial charge in [0.15, 0.2) is 0 Å². The van der Waals surface area contributed by atoms with Crippen LogP contribution >= 0.6 is 12.6 Å². The molecule has 0 atom stereocenters. The van der Waals surface area contributed by atoms with Crippen LogP contribution in [0.2, 0.25) is 0 Å². The summed E-state index contributed by atoms with van der Waals surface area (Å²) in [7, 11) is 0. The molecule has 0 radical (unpaired) electrons. The Balaban J connectivity index is 1.45. The van der Waals surface area contributed by atoms with E-state index in [1.807, 2.05) is 0 Å². The molecule has 0 aromatic carbocycles. The number of rotatable bonds is 6. The topological polar surface area (TPSA) is 38.4 Å². The van der Waals surface area contributed by atoms with E-state index in [0.717, 1.165) is 29.7 Å². The van der Waals surface area contributed by atoms with Crippen LogP contribution in [-0.2, 0) is 0 Å². The lowest BCUT2D eigenvalue weighted by atomic mass is 9.48. The van der Waals surface area contributed by atoms with Crippen LogP contribution < -0.4 is 5.73 Å². The van der Waals surface area contributed by atoms with Gasteiger partial charge in [0.2, 0.25) is 0 Å². The highest BCUT2D eigenvalue weighted by Gasteiger charge is 2.50. The standard InChI is InChI=1S/C16H28N2S/c17-15(11-19)18-4-2-1-3-16-8-12-5-13(9-16)7-14(6-12)10-16/h12-14,19H,1-11H2,(H2,17,18). The summed E-state index contributed by atoms with van der Waals surface area (Å²) in [5, 5.41) is 0. The summed E-state index contributed by atoms with van der Waals surface area (Å²) in [6.45, 7) is 0.902. The molecule has 108 valence electrons. The summed E-state index contributed by atoms with van der Waals surface area (Å²) in [6, 6.07) is 0. The average Bonchev–Trinajstić information content (AvgIpc) is 2.36. The fourth-order valence-corrected chi connectivity index (χ4v) is 5.58. The molecule has 0 aromatic heterocycles. The second-order valence-electron chi connectivity index (χ2n) is 7.41. The maximum atomic E-state index is 5.68. The molecule has 4 aliphatic carbocycles. The van der Waals surface area contributed by atoms with E-state index in [4.69, 9.17) is 5.73 Å². The molecule has 0 aromatic rings. The van der Waals surface area contributed by atoms with Crippen LogP contribution in [0.5, 0.6) is 0 Å². The fraction of sp³-hybridized carbons (Fsp3) is 0.938. The number of nitrogens with two attached hydrogens (primary N) is 1. The minimum absolute atomic E-state index is 0.592. The van der Waals surface area contributed by atoms with E-state index in [9.17, 15) is 0 Å². The Kier molecular flexibility index (Phi) is 4.11. The normalized spacial score (nSPS) is 40.9. The zero-order chi connectivity index (χ0) is 13.3. The maximum absolute atomic E-state index is 5.68. The minimum atomic E-state index is 0.592. The molecule has 0 amide bonds. The van der Waals surface area contributed by atoms with Crippen molar-refractivity contribution in [3.05, 3.63) is 0 Å². The molecule has 4 aliphatic rings. The Bertz CT molecular complexity index is 315. The van der Waals surface area contributed by atoms with Crippen LogP contribution in [0.3, 0.4) is 0 Å². The second kappa shape index (κ2) is 5.67. The van der Waals surface area contributed by atoms with Gasteiger partial charge in [-0.15, -0.1) is 0 Å². The third-order valence-corrected chi connectivity index (χ3v) is 6.08. The average molecular weight is 280 g/mol. The fourth-order valence-electron chi connectivity index (χ4n) is 5.48. The van der Waals surface area contributed by atoms with Gasteiger partial charge in [0.1, 0.15) is 5.84 Å². The third-order valence-electron chi connectivity index (χ3n) is 5.76. The molecule has 4 saturated carbocycles. The predicted octanol–water partition coefficient (Wildman–Crippen LogP) is 3.66. The van der Waals surface area contributed by atoms with E-state index in [0.29, 0.717) is 11.6 Å². The Morgan fingerprint density at radius 2 is 1.63 bits per heavy atom. The monoisotopic (exact) mass is 280 g/mol. The number of unbranched alkanes of at least 4 members (excludes halogenated alkanes) is 1. The van der Waals surface area contributed by atoms with Gasteiger partial charge in [-0.05, 0) is 74.5 Å². The molecule has 4 bridgehead atoms. The first-order valence-electron chi connectivity index (χ1n) is 8.09. The number of amidine groups is 1. The maximum Gasteiger partial charge on any atom is 0.103 e. The number of thiol groups is 1. The Morgan fingerprint density at radius 3 is 2.16 bits per heavy atom. The molecule has 0 unspecified atom stereocenters. The van der Waals surface area contributed by atoms with Crippen LogP contribution in [0.15, 0.2) is 4.99 Å². The highest BCUT2D eigenvalue weighted by molar-refractivity contribution is 7.81. The molecule has 19 heavy (non-hydrogen) atoms. The van der Waals surface area contributed by atoms with Crippen molar-refractivity contribution in [1.29, 1.82) is 0 Å². The van der Waals surface area contributed by atoms with Crippen molar-refractivity contribution in [2.45, 2.75) is 57.8 Å². The lowest BCUT2D eigenvalue weighted by Crippen LogP contribution is -2.45. The number of hydrogen-bond donors (Lipinski definition) is 2. The zero-order valence-electron chi connectivity index (χ0n) is 12.0. The number of nitrogens with zero attached hydrogens (tertiary/aromatic N) is 1. The van der Waals surface area contributed by atoms with Crippen LogP contribution in [0.4, 0.5) is 0 Å². The minimum Gasteiger partial charge on any atom is -0.387 e. The number of hydrogen-bond acceptors (Lipinski definition) is 2. The van der Waals surface area contributed by atoms with Crippen LogP contribution in [0.1, 0.15) is 57.8 Å². The predicted molar refractivity (Wildman–Crippen MR) is 84.8 cm³/mol. The molecular formula is C16H28N2S. The molecule has 0 saturated heterocycles. The molecule has 4 fully saturated rings. The first-order chi connectivity index (χ1) is 9.19. The van der Waals surface area contributed by atoms with E-state index >= 15 is 0 Å². The van der Waals surface area contributed by atoms with Gasteiger partial charge < -0.3 is 5.73 Å². The lowest BCUT2D eigenvalue weighted by Gasteiger charge is -2.57. The van der Waals surface area contributed by atoms with Gasteiger partial charge >= 0.3 is 0 Å². The van der Waals surface area contributed by atoms with Crippen molar-refractivity contribution >= 4 is 18.5 Å². The smallest absolute Gasteiger partial charge is 0.103 e. The van der Waals surface area contributed by atoms with Crippen molar-refractivity contribution < 1.29 is 0 Å². The van der Waals surface area contributed by atoms with Crippen molar-refractivity contribution in [2.75, 3.05) is 12.3 Å². The molecule has 0 aliphatic heterocycles. The highest BCUT2D eigenvalue weighted by atomic mass is 32.1. The van der Waals surface area contributed by atoms with E-state index in [-0.39, 0.29) is 0 Å². The van der Waals surface area contributed by atoms with Crippen molar-refractivity contribution in [3.8, 4) is 0 Å². The SMILES string of the molecule is NC(CS)=NCCCCC12CC3CC(CC(C3)C1)C2. The molecular weight excluding hydrogens is 252 g/mol. The summed E-state index contributed by atoms with van der Waals surface area (Å²) < 4.78 is 0. The second-order valence-corrected chi connectivity index (χ2v) is 7.72. The zero-order valence-corrected chi connectivity index (χ0v) is 12.9. The Morgan fingerprint density at radius 1 is 1.05 bits per heavy atom. The molecule has 2 N–H and O–H groups in total. The summed E-state index contributed by atoms with van der Waals surface area (Å²) >= 11 is 4.13. The molecule has 2 nitrogen and oxygen atoms in total. The Hall–Kier alpha value is -0.180. The summed E-state index contributed by atoms with van der Waals surface area (Å²) in [4.78, 5) is 4.34. The van der Waals surface area contributed by atoms with Gasteiger partial charge in [-0.25, -0.2) is 0 Å². The molecule has 4 rings (SSSR count). The van der Waals surface area contributed by atoms with Gasteiger partial charge in [-0.2, -0.15) is 12.6 Å². The summed E-state index contributed by atoms with van der Waals surface area (Å²) in [6.07, 6.45) is 13.3. The van der Waals surface area contributed by atoms with Crippen molar-refractivity contribution in [3.63, 3.8) is 0 Å². The van der Waals surface area contributed by atoms with Crippen LogP contribution in [0.25, 0.3) is 0 Å². The van der Waals surface area contributed by atoms with Gasteiger partial charge in [-0.3, -0.25) is 4.99 Å². The molecule has 0 heterocycles. The van der Waals surface area contributed by atoms with Gasteiger partial charge in [-0.1, -0.05) is 6.42 Å². The number of aliphatic imine (C=N–C) groups is 1. The van der Waals surface area contributed by atoms with Crippen LogP contribution in [-0.4, -0.2) is 18.1 Å². The largest absolute Gasteiger partial charge is 0.387 e. The van der Waals surface area contributed by atoms with E-state index in [2.05, 4.69) is 17.6 Å². The van der Waals surface area contributed by atoms with Gasteiger partial charge in [0, 0.05) is 12.3 Å².